The van der Waals surface area contributed by atoms with E-state index in [1.165, 1.54) is 0 Å². The Morgan fingerprint density at radius 1 is 1.00 bits per heavy atom. The smallest absolute Gasteiger partial charge is 0.153 e. The number of hydrogen-bond donors (Lipinski definition) is 0. The second kappa shape index (κ2) is 28.9. The second-order valence-electron chi connectivity index (χ2n) is 0. The Hall–Kier alpha value is 1.24. The standard InChI is InChI=1S/Al.BH3.H3P.H4Si.3H/h;2*1H3;1H4;;;. The van der Waals surface area contributed by atoms with Crippen LogP contribution in [0.15, 0.2) is 0 Å². The van der Waals surface area contributed by atoms with Gasteiger partial charge in [0.05, 0.1) is 8.41 Å². The van der Waals surface area contributed by atoms with Gasteiger partial charge in [-0.3, -0.25) is 0 Å². The van der Waals surface area contributed by atoms with Crippen molar-refractivity contribution >= 4 is 46.6 Å². The molecule has 28 valence electrons. The summed E-state index contributed by atoms with van der Waals surface area (Å²) in [6.07, 6.45) is 0. The number of hydrogen-bond acceptors (Lipinski definition) is 0. The minimum Gasteiger partial charge on any atom is -0.153 e. The van der Waals surface area contributed by atoms with Crippen LogP contribution in [0.3, 0.4) is 0 Å². The lowest BCUT2D eigenvalue weighted by Crippen LogP contribution is -0.382. The molecule has 0 radical (unpaired) electrons. The van der Waals surface area contributed by atoms with Gasteiger partial charge >= 0.3 is 0 Å². The molecule has 0 bridgehead atoms. The lowest BCUT2D eigenvalue weighted by Gasteiger charge is -0.153. The van der Waals surface area contributed by atoms with E-state index < -0.39 is 0 Å². The Morgan fingerprint density at radius 2 is 1.00 bits per heavy atom. The molecule has 0 spiro atoms. The van der Waals surface area contributed by atoms with Gasteiger partial charge in [-0.25, -0.2) is 0 Å². The molecular weight excluding hydrogens is 96.9 g/mol. The Balaban J connectivity index is 0. The largest absolute Gasteiger partial charge is 0.187 e. The van der Waals surface area contributed by atoms with Gasteiger partial charge in [0.15, 0.2) is 17.4 Å². The van der Waals surface area contributed by atoms with Crippen LogP contribution < -0.4 is 0 Å². The van der Waals surface area contributed by atoms with Gasteiger partial charge < -0.3 is 0 Å². The fourth-order valence-corrected chi connectivity index (χ4v) is 0. The van der Waals surface area contributed by atoms with Crippen molar-refractivity contribution in [3.63, 3.8) is 0 Å². The molecule has 0 nitrogen and oxygen atoms in total. The first-order valence-corrected chi connectivity index (χ1v) is 0. The molecule has 4 heavy (non-hydrogen) atoms. The maximum absolute atomic E-state index is 0. The SMILES string of the molecule is B.P.[AlH3].[SiH4]. The van der Waals surface area contributed by atoms with Gasteiger partial charge in [-0.2, -0.15) is 9.90 Å². The molecule has 0 N–H and O–H groups in total. The third-order valence-corrected chi connectivity index (χ3v) is 0. The lowest BCUT2D eigenvalue weighted by atomic mass is 10.8. The predicted molar refractivity (Wildman–Crippen MR) is 42.3 cm³/mol. The first-order valence-electron chi connectivity index (χ1n) is 0. The van der Waals surface area contributed by atoms with Crippen molar-refractivity contribution in [1.29, 1.82) is 0 Å². The summed E-state index contributed by atoms with van der Waals surface area (Å²) in [5, 5.41) is 0. The normalized spacial score (nSPS) is 0. The van der Waals surface area contributed by atoms with Crippen molar-refractivity contribution in [3.8, 4) is 0 Å². The third kappa shape index (κ3) is 10.6. The van der Waals surface area contributed by atoms with E-state index in [1.54, 1.807) is 0 Å². The van der Waals surface area contributed by atoms with Crippen molar-refractivity contribution in [2.45, 2.75) is 0 Å². The summed E-state index contributed by atoms with van der Waals surface area (Å²) in [5.41, 5.74) is 0. The zero-order valence-electron chi connectivity index (χ0n) is 0.707. The Bertz CT molecular complexity index is 8.00. The van der Waals surface area contributed by atoms with E-state index in [1.807, 2.05) is 0 Å². The monoisotopic (exact) mass is 110 g/mol. The highest BCUT2D eigenvalue weighted by molar-refractivity contribution is 6.92. The van der Waals surface area contributed by atoms with E-state index in [0.717, 1.165) is 0 Å². The van der Waals surface area contributed by atoms with Crippen molar-refractivity contribution in [1.82, 2.24) is 0 Å². The molecule has 4 heteroatoms. The fraction of sp³-hybridized carbons (Fsp3) is 0. The highest BCUT2D eigenvalue weighted by Gasteiger charge is 0.187. The van der Waals surface area contributed by atoms with E-state index >= 15 is 0 Å². The van der Waals surface area contributed by atoms with E-state index in [4.69, 9.17) is 0 Å². The van der Waals surface area contributed by atoms with Crippen LogP contribution in [0.5, 0.6) is 0 Å². The minimum absolute atomic E-state index is 0. The van der Waals surface area contributed by atoms with Crippen molar-refractivity contribution in [2.75, 3.05) is 0 Å². The highest BCUT2D eigenvalue weighted by Crippen LogP contribution is 0.861. The molecule has 0 saturated heterocycles. The molecule has 0 aliphatic carbocycles. The molecular formula is H13AlBPSi. The molecule has 0 amide bonds. The molecule has 0 aromatic rings. The van der Waals surface area contributed by atoms with Gasteiger partial charge in [0.2, 0.25) is 0 Å². The number of rotatable bonds is 0. The van der Waals surface area contributed by atoms with Crippen LogP contribution >= 0.6 is 9.90 Å². The second-order valence-corrected chi connectivity index (χ2v) is 0. The summed E-state index contributed by atoms with van der Waals surface area (Å²) < 4.78 is 0. The van der Waals surface area contributed by atoms with Gasteiger partial charge in [0.1, 0.15) is 0 Å². The Labute approximate surface area is 47.1 Å². The first-order chi connectivity index (χ1) is 0. The van der Waals surface area contributed by atoms with Crippen LogP contribution in [-0.4, -0.2) is 36.7 Å². The average molecular weight is 110 g/mol. The van der Waals surface area contributed by atoms with E-state index in [9.17, 15) is 0 Å². The molecule has 1 atom stereocenters. The Kier molecular flexibility index (Phi) is 440. The summed E-state index contributed by atoms with van der Waals surface area (Å²) in [4.78, 5) is 0. The molecule has 0 heterocycles. The van der Waals surface area contributed by atoms with Crippen LogP contribution in [0.2, 0.25) is 0 Å². The van der Waals surface area contributed by atoms with Gasteiger partial charge in [-0.15, -0.1) is 0 Å². The molecule has 0 fully saturated rings. The van der Waals surface area contributed by atoms with Crippen LogP contribution in [0, 0.1) is 0 Å². The predicted octanol–water partition coefficient (Wildman–Crippen LogP) is -3.76. The van der Waals surface area contributed by atoms with Crippen molar-refractivity contribution in [3.05, 3.63) is 0 Å². The molecule has 0 aromatic carbocycles. The molecule has 0 aliphatic rings. The zero-order chi connectivity index (χ0) is 0. The Morgan fingerprint density at radius 3 is 1.00 bits per heavy atom. The summed E-state index contributed by atoms with van der Waals surface area (Å²) in [5.74, 6) is 0. The van der Waals surface area contributed by atoms with E-state index in [-0.39, 0.29) is 46.6 Å². The summed E-state index contributed by atoms with van der Waals surface area (Å²) in [6.45, 7) is 0. The molecule has 0 saturated carbocycles. The van der Waals surface area contributed by atoms with Gasteiger partial charge in [0, 0.05) is 0 Å². The van der Waals surface area contributed by atoms with Gasteiger partial charge in [0.25, 0.3) is 0 Å². The molecule has 0 aromatic heterocycles. The van der Waals surface area contributed by atoms with Crippen LogP contribution in [-0.2, 0) is 0 Å². The molecule has 1 unspecified atom stereocenters. The van der Waals surface area contributed by atoms with Gasteiger partial charge in [-0.05, 0) is 11.0 Å². The third-order valence-electron chi connectivity index (χ3n) is 0. The minimum atomic E-state index is 0. The summed E-state index contributed by atoms with van der Waals surface area (Å²) >= 11 is 0. The van der Waals surface area contributed by atoms with Crippen LogP contribution in [0.1, 0.15) is 0 Å². The van der Waals surface area contributed by atoms with E-state index in [2.05, 4.69) is 0 Å². The first kappa shape index (κ1) is 61.0. The maximum Gasteiger partial charge on any atom is 0.187 e. The quantitative estimate of drug-likeness (QED) is 0.222. The summed E-state index contributed by atoms with van der Waals surface area (Å²) in [7, 11) is 0. The summed E-state index contributed by atoms with van der Waals surface area (Å²) in [6, 6.07) is 0. The molecule has 0 aliphatic heterocycles. The fourth-order valence-electron chi connectivity index (χ4n) is 0. The van der Waals surface area contributed by atoms with Gasteiger partial charge in [-0.1, -0.05) is 0 Å². The highest BCUT2D eigenvalue weighted by atomic mass is 31.0. The maximum atomic E-state index is 0. The zero-order valence-corrected chi connectivity index (χ0v) is 2.12. The van der Waals surface area contributed by atoms with Crippen molar-refractivity contribution in [2.24, 2.45) is 0 Å². The van der Waals surface area contributed by atoms with Crippen molar-refractivity contribution < 1.29 is 0 Å². The lowest BCUT2D eigenvalue weighted by molar-refractivity contribution is 5.75. The average Bonchev–Trinajstić information content (AvgIpc) is 0. The van der Waals surface area contributed by atoms with E-state index in [0.29, 0.717) is 0 Å². The van der Waals surface area contributed by atoms with Crippen LogP contribution in [0.4, 0.5) is 0 Å². The van der Waals surface area contributed by atoms with Crippen LogP contribution in [0.25, 0.3) is 0 Å². The molecule has 0 rings (SSSR count). The topological polar surface area (TPSA) is 0 Å².